The van der Waals surface area contributed by atoms with Crippen molar-refractivity contribution in [2.75, 3.05) is 20.6 Å². The summed E-state index contributed by atoms with van der Waals surface area (Å²) >= 11 is 0. The zero-order chi connectivity index (χ0) is 11.4. The molecule has 0 bridgehead atoms. The third-order valence-electron chi connectivity index (χ3n) is 2.60. The number of aromatic nitrogens is 2. The summed E-state index contributed by atoms with van der Waals surface area (Å²) in [6, 6.07) is 6.33. The van der Waals surface area contributed by atoms with E-state index in [-0.39, 0.29) is 0 Å². The summed E-state index contributed by atoms with van der Waals surface area (Å²) in [4.78, 5) is 10.8. The van der Waals surface area contributed by atoms with Crippen molar-refractivity contribution >= 4 is 11.0 Å². The number of rotatable bonds is 4. The molecule has 0 atom stereocenters. The molecule has 0 amide bonds. The van der Waals surface area contributed by atoms with Gasteiger partial charge in [-0.15, -0.1) is 0 Å². The molecule has 0 radical (unpaired) electrons. The predicted molar refractivity (Wildman–Crippen MR) is 66.4 cm³/mol. The smallest absolute Gasteiger partial charge is 0.0889 e. The van der Waals surface area contributed by atoms with Crippen molar-refractivity contribution in [1.82, 2.24) is 14.9 Å². The first-order valence-corrected chi connectivity index (χ1v) is 5.60. The SMILES string of the molecule is CN(C)CCCc1ccc2nccnc2c1. The van der Waals surface area contributed by atoms with Crippen molar-refractivity contribution in [1.29, 1.82) is 0 Å². The average Bonchev–Trinajstić information content (AvgIpc) is 2.28. The van der Waals surface area contributed by atoms with Gasteiger partial charge in [0.2, 0.25) is 0 Å². The van der Waals surface area contributed by atoms with Crippen molar-refractivity contribution in [2.24, 2.45) is 0 Å². The molecule has 1 heterocycles. The van der Waals surface area contributed by atoms with Crippen molar-refractivity contribution in [3.8, 4) is 0 Å². The molecule has 0 saturated heterocycles. The van der Waals surface area contributed by atoms with E-state index in [2.05, 4.69) is 41.1 Å². The highest BCUT2D eigenvalue weighted by Crippen LogP contribution is 2.12. The van der Waals surface area contributed by atoms with Crippen LogP contribution in [-0.4, -0.2) is 35.5 Å². The van der Waals surface area contributed by atoms with Gasteiger partial charge in [0, 0.05) is 12.4 Å². The van der Waals surface area contributed by atoms with Crippen LogP contribution in [0.1, 0.15) is 12.0 Å². The molecule has 3 heteroatoms. The second-order valence-corrected chi connectivity index (χ2v) is 4.29. The lowest BCUT2D eigenvalue weighted by Gasteiger charge is -2.08. The van der Waals surface area contributed by atoms with Gasteiger partial charge in [-0.05, 0) is 51.2 Å². The van der Waals surface area contributed by atoms with Gasteiger partial charge < -0.3 is 4.90 Å². The number of hydrogen-bond donors (Lipinski definition) is 0. The van der Waals surface area contributed by atoms with E-state index in [1.807, 2.05) is 6.07 Å². The van der Waals surface area contributed by atoms with E-state index in [1.54, 1.807) is 12.4 Å². The highest BCUT2D eigenvalue weighted by molar-refractivity contribution is 5.74. The first-order chi connectivity index (χ1) is 7.75. The van der Waals surface area contributed by atoms with Crippen molar-refractivity contribution in [3.63, 3.8) is 0 Å². The fourth-order valence-electron chi connectivity index (χ4n) is 1.76. The Morgan fingerprint density at radius 3 is 2.56 bits per heavy atom. The molecule has 2 aromatic rings. The molecule has 0 fully saturated rings. The van der Waals surface area contributed by atoms with Crippen LogP contribution in [0.2, 0.25) is 0 Å². The standard InChI is InChI=1S/C13H17N3/c1-16(2)9-3-4-11-5-6-12-13(10-11)15-8-7-14-12/h5-8,10H,3-4,9H2,1-2H3. The van der Waals surface area contributed by atoms with E-state index < -0.39 is 0 Å². The maximum absolute atomic E-state index is 4.31. The molecule has 1 aromatic carbocycles. The number of nitrogens with zero attached hydrogens (tertiary/aromatic N) is 3. The molecule has 84 valence electrons. The highest BCUT2D eigenvalue weighted by Gasteiger charge is 1.98. The van der Waals surface area contributed by atoms with E-state index in [9.17, 15) is 0 Å². The number of aryl methyl sites for hydroxylation is 1. The zero-order valence-corrected chi connectivity index (χ0v) is 9.85. The lowest BCUT2D eigenvalue weighted by molar-refractivity contribution is 0.400. The number of hydrogen-bond acceptors (Lipinski definition) is 3. The van der Waals surface area contributed by atoms with Crippen LogP contribution in [-0.2, 0) is 6.42 Å². The second-order valence-electron chi connectivity index (χ2n) is 4.29. The van der Waals surface area contributed by atoms with Gasteiger partial charge >= 0.3 is 0 Å². The normalized spacial score (nSPS) is 11.2. The van der Waals surface area contributed by atoms with Gasteiger partial charge in [-0.25, -0.2) is 0 Å². The third-order valence-corrected chi connectivity index (χ3v) is 2.60. The lowest BCUT2D eigenvalue weighted by atomic mass is 10.1. The Morgan fingerprint density at radius 1 is 1.06 bits per heavy atom. The molecule has 0 N–H and O–H groups in total. The van der Waals surface area contributed by atoms with E-state index in [0.29, 0.717) is 0 Å². The molecule has 2 rings (SSSR count). The largest absolute Gasteiger partial charge is 0.309 e. The molecule has 0 aliphatic heterocycles. The maximum atomic E-state index is 4.31. The lowest BCUT2D eigenvalue weighted by Crippen LogP contribution is -2.13. The number of fused-ring (bicyclic) bond motifs is 1. The summed E-state index contributed by atoms with van der Waals surface area (Å²) in [7, 11) is 4.21. The Bertz CT molecular complexity index is 465. The van der Waals surface area contributed by atoms with Gasteiger partial charge in [0.15, 0.2) is 0 Å². The Hall–Kier alpha value is -1.48. The summed E-state index contributed by atoms with van der Waals surface area (Å²) < 4.78 is 0. The first kappa shape index (κ1) is 11.0. The monoisotopic (exact) mass is 215 g/mol. The van der Waals surface area contributed by atoms with Crippen LogP contribution in [0.15, 0.2) is 30.6 Å². The molecule has 0 spiro atoms. The molecule has 0 aliphatic carbocycles. The van der Waals surface area contributed by atoms with Gasteiger partial charge in [-0.2, -0.15) is 0 Å². The van der Waals surface area contributed by atoms with Crippen LogP contribution >= 0.6 is 0 Å². The predicted octanol–water partition coefficient (Wildman–Crippen LogP) is 2.12. The Kier molecular flexibility index (Phi) is 3.47. The first-order valence-electron chi connectivity index (χ1n) is 5.60. The fourth-order valence-corrected chi connectivity index (χ4v) is 1.76. The van der Waals surface area contributed by atoms with Crippen LogP contribution < -0.4 is 0 Å². The molecule has 3 nitrogen and oxygen atoms in total. The number of benzene rings is 1. The van der Waals surface area contributed by atoms with Crippen LogP contribution in [0.25, 0.3) is 11.0 Å². The molecular formula is C13H17N3. The minimum Gasteiger partial charge on any atom is -0.309 e. The Morgan fingerprint density at radius 2 is 1.81 bits per heavy atom. The maximum Gasteiger partial charge on any atom is 0.0889 e. The van der Waals surface area contributed by atoms with E-state index in [4.69, 9.17) is 0 Å². The fraction of sp³-hybridized carbons (Fsp3) is 0.385. The average molecular weight is 215 g/mol. The van der Waals surface area contributed by atoms with Crippen molar-refractivity contribution in [3.05, 3.63) is 36.2 Å². The van der Waals surface area contributed by atoms with Gasteiger partial charge in [-0.3, -0.25) is 9.97 Å². The summed E-state index contributed by atoms with van der Waals surface area (Å²) in [5, 5.41) is 0. The molecule has 1 aromatic heterocycles. The third kappa shape index (κ3) is 2.76. The summed E-state index contributed by atoms with van der Waals surface area (Å²) in [5.74, 6) is 0. The molecular weight excluding hydrogens is 198 g/mol. The minimum absolute atomic E-state index is 0.971. The minimum atomic E-state index is 0.971. The van der Waals surface area contributed by atoms with E-state index >= 15 is 0 Å². The summed E-state index contributed by atoms with van der Waals surface area (Å²) in [6.07, 6.45) is 5.75. The van der Waals surface area contributed by atoms with Crippen LogP contribution in [0.4, 0.5) is 0 Å². The Balaban J connectivity index is 2.08. The zero-order valence-electron chi connectivity index (χ0n) is 9.85. The van der Waals surface area contributed by atoms with Gasteiger partial charge in [0.25, 0.3) is 0 Å². The van der Waals surface area contributed by atoms with E-state index in [0.717, 1.165) is 24.0 Å². The second kappa shape index (κ2) is 5.03. The highest BCUT2D eigenvalue weighted by atomic mass is 15.0. The topological polar surface area (TPSA) is 29.0 Å². The summed E-state index contributed by atoms with van der Waals surface area (Å²) in [6.45, 7) is 1.12. The van der Waals surface area contributed by atoms with Crippen LogP contribution in [0.3, 0.4) is 0 Å². The van der Waals surface area contributed by atoms with E-state index in [1.165, 1.54) is 12.0 Å². The summed E-state index contributed by atoms with van der Waals surface area (Å²) in [5.41, 5.74) is 3.30. The molecule has 0 unspecified atom stereocenters. The van der Waals surface area contributed by atoms with Crippen LogP contribution in [0.5, 0.6) is 0 Å². The van der Waals surface area contributed by atoms with Gasteiger partial charge in [0.05, 0.1) is 11.0 Å². The Labute approximate surface area is 96.1 Å². The van der Waals surface area contributed by atoms with Gasteiger partial charge in [0.1, 0.15) is 0 Å². The van der Waals surface area contributed by atoms with Crippen molar-refractivity contribution < 1.29 is 0 Å². The molecule has 0 aliphatic rings. The molecule has 16 heavy (non-hydrogen) atoms. The molecule has 0 saturated carbocycles. The van der Waals surface area contributed by atoms with Crippen molar-refractivity contribution in [2.45, 2.75) is 12.8 Å². The quantitative estimate of drug-likeness (QED) is 0.782. The van der Waals surface area contributed by atoms with Crippen LogP contribution in [0, 0.1) is 0 Å². The van der Waals surface area contributed by atoms with Gasteiger partial charge in [-0.1, -0.05) is 6.07 Å².